The van der Waals surface area contributed by atoms with Crippen molar-refractivity contribution in [1.82, 2.24) is 5.32 Å². The first-order valence-corrected chi connectivity index (χ1v) is 7.55. The SMILES string of the molecule is CCCNC(C)c1ccccc1N1CCOCC1CO. The van der Waals surface area contributed by atoms with Crippen molar-refractivity contribution in [2.24, 2.45) is 0 Å². The number of nitrogens with one attached hydrogen (secondary N) is 1. The lowest BCUT2D eigenvalue weighted by Gasteiger charge is -2.38. The number of hydrogen-bond donors (Lipinski definition) is 2. The van der Waals surface area contributed by atoms with Gasteiger partial charge in [-0.15, -0.1) is 0 Å². The highest BCUT2D eigenvalue weighted by molar-refractivity contribution is 5.56. The molecule has 0 saturated carbocycles. The number of ether oxygens (including phenoxy) is 1. The monoisotopic (exact) mass is 278 g/mol. The first kappa shape index (κ1) is 15.3. The van der Waals surface area contributed by atoms with E-state index in [9.17, 15) is 5.11 Å². The van der Waals surface area contributed by atoms with Crippen molar-refractivity contribution >= 4 is 5.69 Å². The van der Waals surface area contributed by atoms with Gasteiger partial charge in [-0.05, 0) is 31.5 Å². The Morgan fingerprint density at radius 1 is 1.45 bits per heavy atom. The van der Waals surface area contributed by atoms with Crippen molar-refractivity contribution < 1.29 is 9.84 Å². The van der Waals surface area contributed by atoms with E-state index < -0.39 is 0 Å². The third kappa shape index (κ3) is 3.51. The lowest BCUT2D eigenvalue weighted by molar-refractivity contribution is 0.0726. The largest absolute Gasteiger partial charge is 0.394 e. The summed E-state index contributed by atoms with van der Waals surface area (Å²) in [7, 11) is 0. The molecule has 1 saturated heterocycles. The van der Waals surface area contributed by atoms with E-state index >= 15 is 0 Å². The second-order valence-corrected chi connectivity index (χ2v) is 5.34. The van der Waals surface area contributed by atoms with Crippen LogP contribution in [0.25, 0.3) is 0 Å². The molecule has 2 N–H and O–H groups in total. The van der Waals surface area contributed by atoms with Gasteiger partial charge >= 0.3 is 0 Å². The van der Waals surface area contributed by atoms with Gasteiger partial charge in [0.25, 0.3) is 0 Å². The van der Waals surface area contributed by atoms with Crippen LogP contribution in [0.3, 0.4) is 0 Å². The molecule has 2 rings (SSSR count). The molecule has 0 spiro atoms. The van der Waals surface area contributed by atoms with E-state index in [4.69, 9.17) is 4.74 Å². The van der Waals surface area contributed by atoms with Crippen LogP contribution < -0.4 is 10.2 Å². The molecule has 2 unspecified atom stereocenters. The number of hydrogen-bond acceptors (Lipinski definition) is 4. The molecule has 2 atom stereocenters. The minimum absolute atomic E-state index is 0.0586. The Hall–Kier alpha value is -1.10. The highest BCUT2D eigenvalue weighted by atomic mass is 16.5. The number of aliphatic hydroxyl groups excluding tert-OH is 1. The smallest absolute Gasteiger partial charge is 0.0755 e. The summed E-state index contributed by atoms with van der Waals surface area (Å²) in [6.07, 6.45) is 1.13. The Morgan fingerprint density at radius 2 is 2.25 bits per heavy atom. The maximum absolute atomic E-state index is 9.56. The van der Waals surface area contributed by atoms with Gasteiger partial charge in [0, 0.05) is 18.3 Å². The molecule has 0 amide bonds. The summed E-state index contributed by atoms with van der Waals surface area (Å²) in [5.74, 6) is 0. The van der Waals surface area contributed by atoms with Crippen molar-refractivity contribution in [3.05, 3.63) is 29.8 Å². The molecule has 1 aromatic rings. The zero-order chi connectivity index (χ0) is 14.4. The van der Waals surface area contributed by atoms with Gasteiger partial charge in [0.2, 0.25) is 0 Å². The van der Waals surface area contributed by atoms with E-state index in [1.54, 1.807) is 0 Å². The number of anilines is 1. The van der Waals surface area contributed by atoms with Gasteiger partial charge < -0.3 is 20.1 Å². The van der Waals surface area contributed by atoms with Crippen molar-refractivity contribution in [1.29, 1.82) is 0 Å². The van der Waals surface area contributed by atoms with Crippen LogP contribution in [0.4, 0.5) is 5.69 Å². The zero-order valence-electron chi connectivity index (χ0n) is 12.5. The summed E-state index contributed by atoms with van der Waals surface area (Å²) < 4.78 is 5.47. The van der Waals surface area contributed by atoms with Crippen LogP contribution in [0.2, 0.25) is 0 Å². The van der Waals surface area contributed by atoms with E-state index in [0.29, 0.717) is 12.6 Å². The number of rotatable bonds is 6. The van der Waals surface area contributed by atoms with Crippen LogP contribution in [0.1, 0.15) is 31.9 Å². The fraction of sp³-hybridized carbons (Fsp3) is 0.625. The maximum atomic E-state index is 9.56. The molecule has 1 aliphatic rings. The van der Waals surface area contributed by atoms with Crippen LogP contribution in [0.5, 0.6) is 0 Å². The lowest BCUT2D eigenvalue weighted by atomic mass is 10.0. The summed E-state index contributed by atoms with van der Waals surface area (Å²) in [4.78, 5) is 2.28. The fourth-order valence-electron chi connectivity index (χ4n) is 2.71. The van der Waals surface area contributed by atoms with Gasteiger partial charge in [0.15, 0.2) is 0 Å². The van der Waals surface area contributed by atoms with E-state index in [2.05, 4.69) is 48.3 Å². The van der Waals surface area contributed by atoms with Crippen molar-refractivity contribution in [2.75, 3.05) is 37.8 Å². The van der Waals surface area contributed by atoms with Crippen molar-refractivity contribution in [3.63, 3.8) is 0 Å². The second-order valence-electron chi connectivity index (χ2n) is 5.34. The summed E-state index contributed by atoms with van der Waals surface area (Å²) in [5, 5.41) is 13.1. The summed E-state index contributed by atoms with van der Waals surface area (Å²) in [6, 6.07) is 8.84. The van der Waals surface area contributed by atoms with E-state index in [1.807, 2.05) is 0 Å². The Kier molecular flexibility index (Phi) is 5.83. The van der Waals surface area contributed by atoms with Crippen LogP contribution in [-0.4, -0.2) is 44.1 Å². The highest BCUT2D eigenvalue weighted by Gasteiger charge is 2.25. The number of morpholine rings is 1. The molecule has 20 heavy (non-hydrogen) atoms. The predicted octanol–water partition coefficient (Wildman–Crippen LogP) is 1.94. The molecule has 4 nitrogen and oxygen atoms in total. The van der Waals surface area contributed by atoms with Crippen LogP contribution in [-0.2, 0) is 4.74 Å². The van der Waals surface area contributed by atoms with E-state index in [1.165, 1.54) is 11.3 Å². The molecule has 1 heterocycles. The molecule has 1 aliphatic heterocycles. The summed E-state index contributed by atoms with van der Waals surface area (Å²) in [5.41, 5.74) is 2.51. The van der Waals surface area contributed by atoms with Gasteiger partial charge in [-0.25, -0.2) is 0 Å². The second kappa shape index (κ2) is 7.62. The van der Waals surface area contributed by atoms with E-state index in [-0.39, 0.29) is 12.6 Å². The molecule has 112 valence electrons. The normalized spacial score (nSPS) is 20.9. The van der Waals surface area contributed by atoms with Gasteiger partial charge in [-0.2, -0.15) is 0 Å². The first-order chi connectivity index (χ1) is 9.77. The number of nitrogens with zero attached hydrogens (tertiary/aromatic N) is 1. The number of para-hydroxylation sites is 1. The van der Waals surface area contributed by atoms with E-state index in [0.717, 1.165) is 26.1 Å². The average molecular weight is 278 g/mol. The zero-order valence-corrected chi connectivity index (χ0v) is 12.5. The molecule has 0 aliphatic carbocycles. The van der Waals surface area contributed by atoms with Crippen molar-refractivity contribution in [3.8, 4) is 0 Å². The Bertz CT molecular complexity index is 411. The van der Waals surface area contributed by atoms with Gasteiger partial charge in [0.1, 0.15) is 0 Å². The molecule has 0 radical (unpaired) electrons. The topological polar surface area (TPSA) is 44.7 Å². The quantitative estimate of drug-likeness (QED) is 0.835. The minimum Gasteiger partial charge on any atom is -0.394 e. The maximum Gasteiger partial charge on any atom is 0.0755 e. The van der Waals surface area contributed by atoms with Crippen molar-refractivity contribution in [2.45, 2.75) is 32.4 Å². The van der Waals surface area contributed by atoms with Crippen LogP contribution >= 0.6 is 0 Å². The van der Waals surface area contributed by atoms with Crippen LogP contribution in [0.15, 0.2) is 24.3 Å². The average Bonchev–Trinajstić information content (AvgIpc) is 2.52. The Balaban J connectivity index is 2.21. The predicted molar refractivity (Wildman–Crippen MR) is 82.2 cm³/mol. The molecule has 4 heteroatoms. The summed E-state index contributed by atoms with van der Waals surface area (Å²) >= 11 is 0. The number of benzene rings is 1. The minimum atomic E-state index is 0.0586. The standard InChI is InChI=1S/C16H26N2O2/c1-3-8-17-13(2)15-6-4-5-7-16(15)18-9-10-20-12-14(18)11-19/h4-7,13-14,17,19H,3,8-12H2,1-2H3. The molecule has 1 fully saturated rings. The molecule has 1 aromatic carbocycles. The third-order valence-corrected chi connectivity index (χ3v) is 3.85. The van der Waals surface area contributed by atoms with Gasteiger partial charge in [0.05, 0.1) is 25.9 Å². The Labute approximate surface area is 121 Å². The fourth-order valence-corrected chi connectivity index (χ4v) is 2.71. The van der Waals surface area contributed by atoms with Crippen LogP contribution in [0, 0.1) is 0 Å². The first-order valence-electron chi connectivity index (χ1n) is 7.55. The third-order valence-electron chi connectivity index (χ3n) is 3.85. The summed E-state index contributed by atoms with van der Waals surface area (Å²) in [6.45, 7) is 7.68. The number of aliphatic hydroxyl groups is 1. The van der Waals surface area contributed by atoms with Gasteiger partial charge in [-0.1, -0.05) is 25.1 Å². The van der Waals surface area contributed by atoms with Gasteiger partial charge in [-0.3, -0.25) is 0 Å². The molecular weight excluding hydrogens is 252 g/mol. The molecular formula is C16H26N2O2. The highest BCUT2D eigenvalue weighted by Crippen LogP contribution is 2.28. The Morgan fingerprint density at radius 3 is 3.00 bits per heavy atom. The lowest BCUT2D eigenvalue weighted by Crippen LogP contribution is -2.48. The molecule has 0 bridgehead atoms. The molecule has 0 aromatic heterocycles.